The van der Waals surface area contributed by atoms with E-state index >= 15 is 0 Å². The lowest BCUT2D eigenvalue weighted by Gasteiger charge is -2.13. The molecule has 0 aliphatic rings. The normalized spacial score (nSPS) is 13.6. The van der Waals surface area contributed by atoms with E-state index in [-0.39, 0.29) is 11.7 Å². The Morgan fingerprint density at radius 3 is 2.47 bits per heavy atom. The second-order valence-electron chi connectivity index (χ2n) is 4.72. The maximum atomic E-state index is 10.0. The summed E-state index contributed by atoms with van der Waals surface area (Å²) >= 11 is 5.85. The minimum absolute atomic E-state index is 0.0385. The molecule has 0 saturated carbocycles. The van der Waals surface area contributed by atoms with E-state index in [0.717, 1.165) is 30.7 Å². The topological polar surface area (TPSA) is 48.4 Å². The molecule has 0 heterocycles. The van der Waals surface area contributed by atoms with Crippen LogP contribution in [-0.2, 0) is 6.42 Å². The lowest BCUT2D eigenvalue weighted by molar-refractivity contribution is 0.301. The summed E-state index contributed by atoms with van der Waals surface area (Å²) in [5, 5.41) is 19.5. The van der Waals surface area contributed by atoms with E-state index in [4.69, 9.17) is 17.0 Å². The molecule has 19 heavy (non-hydrogen) atoms. The number of hydrogen-bond acceptors (Lipinski definition) is 2. The van der Waals surface area contributed by atoms with Crippen molar-refractivity contribution in [1.82, 2.24) is 0 Å². The summed E-state index contributed by atoms with van der Waals surface area (Å²) in [4.78, 5) is 3.07. The number of diazo groups is 1. The number of nitrogens with zero attached hydrogens (tertiary/aromatic N) is 2. The Hall–Kier alpha value is -1.53. The molecule has 0 fully saturated rings. The van der Waals surface area contributed by atoms with Crippen molar-refractivity contribution in [1.29, 1.82) is 5.39 Å². The zero-order chi connectivity index (χ0) is 14.3. The Balaban J connectivity index is 2.70. The highest BCUT2D eigenvalue weighted by molar-refractivity contribution is 6.30. The Morgan fingerprint density at radius 1 is 1.32 bits per heavy atom. The Morgan fingerprint density at radius 2 is 1.95 bits per heavy atom. The summed E-state index contributed by atoms with van der Waals surface area (Å²) in [6, 6.07) is 7.73. The highest BCUT2D eigenvalue weighted by Gasteiger charge is 2.21. The molecule has 0 saturated heterocycles. The first-order chi connectivity index (χ1) is 9.08. The molecule has 4 heteroatoms. The van der Waals surface area contributed by atoms with Crippen LogP contribution in [0.2, 0.25) is 5.02 Å². The van der Waals surface area contributed by atoms with Gasteiger partial charge in [-0.3, -0.25) is 0 Å². The minimum atomic E-state index is 0.0385. The summed E-state index contributed by atoms with van der Waals surface area (Å²) in [5.74, 6) is 0.231. The predicted octanol–water partition coefficient (Wildman–Crippen LogP) is 5.33. The Bertz CT molecular complexity index is 474. The predicted molar refractivity (Wildman–Crippen MR) is 78.6 cm³/mol. The van der Waals surface area contributed by atoms with Crippen LogP contribution in [0.4, 0.5) is 0 Å². The third kappa shape index (κ3) is 4.92. The monoisotopic (exact) mass is 279 g/mol. The Labute approximate surface area is 119 Å². The average Bonchev–Trinajstić information content (AvgIpc) is 2.43. The molecule has 1 N–H and O–H groups in total. The van der Waals surface area contributed by atoms with Gasteiger partial charge in [-0.15, -0.1) is 0 Å². The number of hydrogen-bond donors (Lipinski definition) is 1. The summed E-state index contributed by atoms with van der Waals surface area (Å²) in [5.41, 5.74) is 1.49. The summed E-state index contributed by atoms with van der Waals surface area (Å²) in [6.45, 7) is 3.69. The molecule has 0 bridgehead atoms. The first-order valence-electron chi connectivity index (χ1n) is 6.57. The molecule has 1 aromatic carbocycles. The first-order valence-corrected chi connectivity index (χ1v) is 6.95. The quantitative estimate of drug-likeness (QED) is 0.565. The van der Waals surface area contributed by atoms with Gasteiger partial charge in [-0.05, 0) is 37.0 Å². The molecule has 1 atom stereocenters. The van der Waals surface area contributed by atoms with Crippen molar-refractivity contribution in [2.75, 3.05) is 0 Å². The molecular weight excluding hydrogens is 260 g/mol. The summed E-state index contributed by atoms with van der Waals surface area (Å²) < 4.78 is 0. The molecule has 0 aliphatic heterocycles. The van der Waals surface area contributed by atoms with Crippen LogP contribution in [0, 0.1) is 11.3 Å². The van der Waals surface area contributed by atoms with E-state index in [2.05, 4.69) is 11.9 Å². The van der Waals surface area contributed by atoms with Crippen molar-refractivity contribution in [3.05, 3.63) is 51.3 Å². The number of rotatable bonds is 6. The number of allylic oxidation sites excluding steroid dienone is 2. The molecule has 1 unspecified atom stereocenters. The van der Waals surface area contributed by atoms with E-state index in [0.29, 0.717) is 5.70 Å². The van der Waals surface area contributed by atoms with Gasteiger partial charge in [0.05, 0.1) is 0 Å². The van der Waals surface area contributed by atoms with Crippen LogP contribution < -0.4 is 0 Å². The van der Waals surface area contributed by atoms with Gasteiger partial charge in [-0.25, -0.2) is 0 Å². The van der Waals surface area contributed by atoms with Crippen LogP contribution in [0.3, 0.4) is 0 Å². The third-order valence-corrected chi connectivity index (χ3v) is 3.49. The molecule has 0 amide bonds. The Kier molecular flexibility index (Phi) is 6.38. The zero-order valence-electron chi connectivity index (χ0n) is 11.4. The fraction of sp³-hybridized carbons (Fsp3) is 0.467. The summed E-state index contributed by atoms with van der Waals surface area (Å²) in [7, 11) is 0. The maximum absolute atomic E-state index is 10.0. The van der Waals surface area contributed by atoms with E-state index in [1.807, 2.05) is 24.3 Å². The molecule has 0 radical (unpaired) electrons. The fourth-order valence-corrected chi connectivity index (χ4v) is 2.23. The van der Waals surface area contributed by atoms with E-state index in [9.17, 15) is 5.11 Å². The number of aliphatic hydroxyl groups is 1. The van der Waals surface area contributed by atoms with Crippen molar-refractivity contribution in [3.8, 4) is 0 Å². The molecule has 0 aromatic heterocycles. The fourth-order valence-electron chi connectivity index (χ4n) is 2.10. The molecule has 102 valence electrons. The van der Waals surface area contributed by atoms with Crippen molar-refractivity contribution >= 4 is 11.6 Å². The molecule has 0 aliphatic carbocycles. The smallest absolute Gasteiger partial charge is 0.395 e. The molecule has 1 rings (SSSR count). The van der Waals surface area contributed by atoms with Gasteiger partial charge >= 0.3 is 5.70 Å². The van der Waals surface area contributed by atoms with Crippen LogP contribution in [0.25, 0.3) is 4.98 Å². The average molecular weight is 280 g/mol. The number of aryl methyl sites for hydroxylation is 1. The summed E-state index contributed by atoms with van der Waals surface area (Å²) in [6.07, 6.45) is 3.55. The van der Waals surface area contributed by atoms with Gasteiger partial charge in [-0.1, -0.05) is 37.1 Å². The number of halogens is 1. The van der Waals surface area contributed by atoms with Crippen LogP contribution in [0.15, 0.2) is 35.7 Å². The van der Waals surface area contributed by atoms with Crippen LogP contribution in [0.1, 0.15) is 38.7 Å². The van der Waals surface area contributed by atoms with Crippen molar-refractivity contribution in [3.63, 3.8) is 0 Å². The van der Waals surface area contributed by atoms with Crippen LogP contribution >= 0.6 is 11.6 Å². The van der Waals surface area contributed by atoms with E-state index in [1.165, 1.54) is 5.56 Å². The van der Waals surface area contributed by atoms with Gasteiger partial charge < -0.3 is 5.11 Å². The van der Waals surface area contributed by atoms with Crippen molar-refractivity contribution in [2.45, 2.75) is 39.5 Å². The second kappa shape index (κ2) is 7.81. The van der Waals surface area contributed by atoms with Gasteiger partial charge in [0.15, 0.2) is 10.7 Å². The van der Waals surface area contributed by atoms with Gasteiger partial charge in [0.2, 0.25) is 5.39 Å². The zero-order valence-corrected chi connectivity index (χ0v) is 12.2. The molecule has 1 aromatic rings. The second-order valence-corrected chi connectivity index (χ2v) is 5.16. The molecular formula is C15H20ClN2O+. The van der Waals surface area contributed by atoms with Crippen LogP contribution in [0.5, 0.6) is 0 Å². The van der Waals surface area contributed by atoms with Crippen LogP contribution in [-0.4, -0.2) is 5.11 Å². The van der Waals surface area contributed by atoms with Gasteiger partial charge in [-0.2, -0.15) is 0 Å². The van der Waals surface area contributed by atoms with Gasteiger partial charge in [0.1, 0.15) is 0 Å². The SMILES string of the molecule is CCCC(CCc1ccc(Cl)cc1)/C(O)=C(/C)[N+]#N. The molecule has 3 nitrogen and oxygen atoms in total. The van der Waals surface area contributed by atoms with Crippen molar-refractivity contribution in [2.24, 2.45) is 5.92 Å². The number of aliphatic hydroxyl groups excluding tert-OH is 1. The standard InChI is InChI=1S/C15H19ClN2O/c1-3-4-13(15(19)11(2)18-17)8-5-12-6-9-14(16)10-7-12/h6-7,9-10,13H,3-5,8H2,1-2H3/p+1/b15-11+. The first kappa shape index (κ1) is 15.5. The van der Waals surface area contributed by atoms with Crippen molar-refractivity contribution < 1.29 is 5.11 Å². The van der Waals surface area contributed by atoms with Gasteiger partial charge in [0.25, 0.3) is 0 Å². The van der Waals surface area contributed by atoms with E-state index in [1.54, 1.807) is 6.92 Å². The maximum Gasteiger partial charge on any atom is 0.395 e. The van der Waals surface area contributed by atoms with E-state index < -0.39 is 0 Å². The minimum Gasteiger partial charge on any atom is -0.505 e. The lowest BCUT2D eigenvalue weighted by Crippen LogP contribution is -2.07. The lowest BCUT2D eigenvalue weighted by atomic mass is 9.93. The molecule has 0 spiro atoms. The number of benzene rings is 1. The largest absolute Gasteiger partial charge is 0.505 e. The third-order valence-electron chi connectivity index (χ3n) is 3.24. The highest BCUT2D eigenvalue weighted by Crippen LogP contribution is 2.24. The highest BCUT2D eigenvalue weighted by atomic mass is 35.5. The van der Waals surface area contributed by atoms with Gasteiger partial charge in [0, 0.05) is 17.9 Å².